The molecule has 0 aliphatic carbocycles. The third-order valence-corrected chi connectivity index (χ3v) is 3.62. The number of ether oxygens (including phenoxy) is 1. The molecule has 6 heteroatoms. The number of aliphatic hydroxyl groups is 2. The van der Waals surface area contributed by atoms with Crippen LogP contribution in [-0.2, 0) is 6.54 Å². The predicted molar refractivity (Wildman–Crippen MR) is 82.4 cm³/mol. The van der Waals surface area contributed by atoms with Crippen LogP contribution in [0.15, 0.2) is 21.1 Å². The number of hydrogen-bond acceptors (Lipinski definition) is 4. The van der Waals surface area contributed by atoms with Crippen LogP contribution in [0.3, 0.4) is 0 Å². The minimum absolute atomic E-state index is 0.0567. The second-order valence-electron chi connectivity index (χ2n) is 4.21. The molecule has 0 spiro atoms. The van der Waals surface area contributed by atoms with Crippen LogP contribution in [0.25, 0.3) is 0 Å². The summed E-state index contributed by atoms with van der Waals surface area (Å²) < 4.78 is 7.12. The molecule has 1 unspecified atom stereocenters. The van der Waals surface area contributed by atoms with Crippen LogP contribution >= 0.6 is 31.9 Å². The van der Waals surface area contributed by atoms with E-state index in [4.69, 9.17) is 9.84 Å². The molecule has 0 aromatic heterocycles. The van der Waals surface area contributed by atoms with Gasteiger partial charge in [0.15, 0.2) is 0 Å². The lowest BCUT2D eigenvalue weighted by Crippen LogP contribution is -2.21. The van der Waals surface area contributed by atoms with Crippen LogP contribution in [0.4, 0.5) is 0 Å². The molecule has 0 bridgehead atoms. The molecular weight excluding hydrogens is 378 g/mol. The fourth-order valence-electron chi connectivity index (χ4n) is 1.49. The van der Waals surface area contributed by atoms with Gasteiger partial charge < -0.3 is 20.3 Å². The zero-order chi connectivity index (χ0) is 14.3. The average Bonchev–Trinajstić information content (AvgIpc) is 2.37. The maximum Gasteiger partial charge on any atom is 0.147 e. The molecule has 0 aliphatic rings. The lowest BCUT2D eigenvalue weighted by atomic mass is 10.2. The maximum atomic E-state index is 9.28. The topological polar surface area (TPSA) is 61.7 Å². The van der Waals surface area contributed by atoms with E-state index in [1.54, 1.807) is 0 Å². The lowest BCUT2D eigenvalue weighted by molar-refractivity contribution is 0.0531. The van der Waals surface area contributed by atoms with Crippen LogP contribution in [0.5, 0.6) is 5.75 Å². The van der Waals surface area contributed by atoms with E-state index in [-0.39, 0.29) is 13.2 Å². The zero-order valence-corrected chi connectivity index (χ0v) is 14.0. The van der Waals surface area contributed by atoms with E-state index in [0.29, 0.717) is 5.75 Å². The summed E-state index contributed by atoms with van der Waals surface area (Å²) >= 11 is 6.90. The number of halogens is 2. The molecule has 0 saturated heterocycles. The summed E-state index contributed by atoms with van der Waals surface area (Å²) in [6.45, 7) is 3.65. The molecule has 108 valence electrons. The van der Waals surface area contributed by atoms with E-state index in [1.807, 2.05) is 12.1 Å². The molecule has 1 aromatic rings. The number of rotatable bonds is 8. The molecule has 0 heterocycles. The van der Waals surface area contributed by atoms with Gasteiger partial charge in [-0.25, -0.2) is 0 Å². The first kappa shape index (κ1) is 16.9. The Kier molecular flexibility index (Phi) is 7.94. The van der Waals surface area contributed by atoms with Crippen molar-refractivity contribution in [2.24, 2.45) is 0 Å². The zero-order valence-electron chi connectivity index (χ0n) is 10.8. The Morgan fingerprint density at radius 1 is 1.32 bits per heavy atom. The highest BCUT2D eigenvalue weighted by Crippen LogP contribution is 2.34. The Morgan fingerprint density at radius 3 is 2.47 bits per heavy atom. The molecule has 3 N–H and O–H groups in total. The molecule has 1 aromatic carbocycles. The Labute approximate surface area is 130 Å². The van der Waals surface area contributed by atoms with Crippen molar-refractivity contribution in [1.29, 1.82) is 0 Å². The van der Waals surface area contributed by atoms with Gasteiger partial charge in [-0.2, -0.15) is 0 Å². The minimum atomic E-state index is -0.871. The van der Waals surface area contributed by atoms with Crippen molar-refractivity contribution in [2.75, 3.05) is 19.8 Å². The fraction of sp³-hybridized carbons (Fsp3) is 0.538. The number of aliphatic hydroxyl groups excluding tert-OH is 2. The smallest absolute Gasteiger partial charge is 0.147 e. The second kappa shape index (κ2) is 8.92. The molecule has 0 radical (unpaired) electrons. The monoisotopic (exact) mass is 395 g/mol. The van der Waals surface area contributed by atoms with Crippen LogP contribution in [0.1, 0.15) is 18.9 Å². The van der Waals surface area contributed by atoms with Gasteiger partial charge in [0.2, 0.25) is 0 Å². The Bertz CT molecular complexity index is 378. The summed E-state index contributed by atoms with van der Waals surface area (Å²) in [5.41, 5.74) is 1.14. The van der Waals surface area contributed by atoms with Crippen molar-refractivity contribution >= 4 is 31.9 Å². The highest BCUT2D eigenvalue weighted by atomic mass is 79.9. The summed E-state index contributed by atoms with van der Waals surface area (Å²) in [5.74, 6) is 0.631. The van der Waals surface area contributed by atoms with Crippen LogP contribution < -0.4 is 10.1 Å². The molecule has 1 atom stereocenters. The van der Waals surface area contributed by atoms with Gasteiger partial charge in [-0.05, 0) is 62.5 Å². The largest absolute Gasteiger partial charge is 0.488 e. The molecule has 19 heavy (non-hydrogen) atoms. The van der Waals surface area contributed by atoms with Gasteiger partial charge in [0, 0.05) is 6.54 Å². The van der Waals surface area contributed by atoms with Gasteiger partial charge in [0.05, 0.1) is 15.6 Å². The van der Waals surface area contributed by atoms with Crippen molar-refractivity contribution < 1.29 is 14.9 Å². The normalized spacial score (nSPS) is 12.5. The molecule has 0 aliphatic heterocycles. The summed E-state index contributed by atoms with van der Waals surface area (Å²) in [5, 5.41) is 21.4. The molecular formula is C13H19Br2NO3. The van der Waals surface area contributed by atoms with Gasteiger partial charge in [-0.3, -0.25) is 0 Å². The Hall–Kier alpha value is -0.140. The van der Waals surface area contributed by atoms with E-state index in [0.717, 1.165) is 34.0 Å². The van der Waals surface area contributed by atoms with Crippen molar-refractivity contribution in [1.82, 2.24) is 5.32 Å². The lowest BCUT2D eigenvalue weighted by Gasteiger charge is -2.14. The standard InChI is InChI=1S/C13H19Br2NO3/c1-2-3-16-6-9-4-11(14)13(12(15)5-9)19-8-10(18)7-17/h4-5,10,16-18H,2-3,6-8H2,1H3. The second-order valence-corrected chi connectivity index (χ2v) is 5.92. The van der Waals surface area contributed by atoms with Crippen LogP contribution in [0.2, 0.25) is 0 Å². The quantitative estimate of drug-likeness (QED) is 0.590. The van der Waals surface area contributed by atoms with E-state index < -0.39 is 6.10 Å². The first-order chi connectivity index (χ1) is 9.08. The Morgan fingerprint density at radius 2 is 1.95 bits per heavy atom. The van der Waals surface area contributed by atoms with Gasteiger partial charge in [0.1, 0.15) is 18.5 Å². The molecule has 4 nitrogen and oxygen atoms in total. The highest BCUT2D eigenvalue weighted by molar-refractivity contribution is 9.11. The molecule has 0 saturated carbocycles. The average molecular weight is 397 g/mol. The van der Waals surface area contributed by atoms with Crippen molar-refractivity contribution in [3.63, 3.8) is 0 Å². The summed E-state index contributed by atoms with van der Waals surface area (Å²) in [6.07, 6.45) is 0.229. The SMILES string of the molecule is CCCNCc1cc(Br)c(OCC(O)CO)c(Br)c1. The van der Waals surface area contributed by atoms with Crippen molar-refractivity contribution in [2.45, 2.75) is 26.0 Å². The molecule has 1 rings (SSSR count). The minimum Gasteiger partial charge on any atom is -0.488 e. The van der Waals surface area contributed by atoms with Crippen LogP contribution in [-0.4, -0.2) is 36.1 Å². The Balaban J connectivity index is 2.68. The van der Waals surface area contributed by atoms with Crippen molar-refractivity contribution in [3.05, 3.63) is 26.6 Å². The van der Waals surface area contributed by atoms with Gasteiger partial charge in [-0.15, -0.1) is 0 Å². The number of hydrogen-bond donors (Lipinski definition) is 3. The van der Waals surface area contributed by atoms with Crippen LogP contribution in [0, 0.1) is 0 Å². The fourth-order valence-corrected chi connectivity index (χ4v) is 3.00. The van der Waals surface area contributed by atoms with Crippen molar-refractivity contribution in [3.8, 4) is 5.75 Å². The van der Waals surface area contributed by atoms with Gasteiger partial charge in [-0.1, -0.05) is 6.92 Å². The number of benzene rings is 1. The number of nitrogens with one attached hydrogen (secondary N) is 1. The third kappa shape index (κ3) is 5.79. The summed E-state index contributed by atoms with van der Waals surface area (Å²) in [7, 11) is 0. The molecule has 0 amide bonds. The third-order valence-electron chi connectivity index (χ3n) is 2.44. The first-order valence-corrected chi connectivity index (χ1v) is 7.77. The van der Waals surface area contributed by atoms with E-state index >= 15 is 0 Å². The maximum absolute atomic E-state index is 9.28. The van der Waals surface area contributed by atoms with E-state index in [1.165, 1.54) is 0 Å². The summed E-state index contributed by atoms with van der Waals surface area (Å²) in [4.78, 5) is 0. The first-order valence-electron chi connectivity index (χ1n) is 6.18. The van der Waals surface area contributed by atoms with Gasteiger partial charge in [0.25, 0.3) is 0 Å². The van der Waals surface area contributed by atoms with Gasteiger partial charge >= 0.3 is 0 Å². The molecule has 0 fully saturated rings. The summed E-state index contributed by atoms with van der Waals surface area (Å²) in [6, 6.07) is 3.96. The predicted octanol–water partition coefficient (Wildman–Crippen LogP) is 2.44. The highest BCUT2D eigenvalue weighted by Gasteiger charge is 2.11. The van der Waals surface area contributed by atoms with E-state index in [9.17, 15) is 5.11 Å². The van der Waals surface area contributed by atoms with E-state index in [2.05, 4.69) is 44.1 Å².